The zero-order valence-corrected chi connectivity index (χ0v) is 10.2. The van der Waals surface area contributed by atoms with Crippen LogP contribution >= 0.6 is 0 Å². The summed E-state index contributed by atoms with van der Waals surface area (Å²) in [5.74, 6) is -0.137. The summed E-state index contributed by atoms with van der Waals surface area (Å²) in [6.07, 6.45) is -0.00673. The fraction of sp³-hybridized carbons (Fsp3) is 0.0625. The molecule has 0 spiro atoms. The van der Waals surface area contributed by atoms with Crippen LogP contribution in [0.4, 0.5) is 0 Å². The topological polar surface area (TPSA) is 50.4 Å². The minimum atomic E-state index is -0.844. The maximum absolute atomic E-state index is 10.9. The normalized spacial score (nSPS) is 10.7. The van der Waals surface area contributed by atoms with Crippen LogP contribution in [0, 0.1) is 0 Å². The van der Waals surface area contributed by atoms with Crippen molar-refractivity contribution in [3.63, 3.8) is 0 Å². The molecule has 0 atom stereocenters. The van der Waals surface area contributed by atoms with Gasteiger partial charge in [-0.1, -0.05) is 42.5 Å². The predicted molar refractivity (Wildman–Crippen MR) is 73.0 cm³/mol. The first-order valence-electron chi connectivity index (χ1n) is 6.03. The molecule has 0 radical (unpaired) electrons. The highest BCUT2D eigenvalue weighted by Crippen LogP contribution is 2.30. The second kappa shape index (κ2) is 4.61. The van der Waals surface area contributed by atoms with E-state index in [2.05, 4.69) is 0 Å². The maximum Gasteiger partial charge on any atom is 0.307 e. The van der Waals surface area contributed by atoms with Crippen molar-refractivity contribution in [2.45, 2.75) is 6.42 Å². The largest absolute Gasteiger partial charge is 0.481 e. The van der Waals surface area contributed by atoms with Crippen molar-refractivity contribution in [2.75, 3.05) is 0 Å². The van der Waals surface area contributed by atoms with Crippen LogP contribution in [0.3, 0.4) is 0 Å². The van der Waals surface area contributed by atoms with E-state index in [-0.39, 0.29) is 6.42 Å². The van der Waals surface area contributed by atoms with Crippen LogP contribution in [0.15, 0.2) is 59.0 Å². The Morgan fingerprint density at radius 3 is 2.58 bits per heavy atom. The van der Waals surface area contributed by atoms with E-state index in [4.69, 9.17) is 9.52 Å². The minimum Gasteiger partial charge on any atom is -0.481 e. The van der Waals surface area contributed by atoms with Gasteiger partial charge in [-0.3, -0.25) is 4.79 Å². The zero-order valence-electron chi connectivity index (χ0n) is 10.2. The van der Waals surface area contributed by atoms with E-state index >= 15 is 0 Å². The van der Waals surface area contributed by atoms with Gasteiger partial charge < -0.3 is 9.52 Å². The Balaban J connectivity index is 2.13. The molecule has 3 heteroatoms. The third-order valence-corrected chi connectivity index (χ3v) is 3.05. The molecule has 2 aromatic carbocycles. The number of hydrogen-bond donors (Lipinski definition) is 1. The van der Waals surface area contributed by atoms with Crippen molar-refractivity contribution in [1.29, 1.82) is 0 Å². The molecule has 0 aliphatic carbocycles. The van der Waals surface area contributed by atoms with Crippen molar-refractivity contribution in [1.82, 2.24) is 0 Å². The molecule has 0 bridgehead atoms. The first-order valence-corrected chi connectivity index (χ1v) is 6.03. The van der Waals surface area contributed by atoms with Gasteiger partial charge in [0, 0.05) is 10.9 Å². The molecule has 3 nitrogen and oxygen atoms in total. The number of hydrogen-bond acceptors (Lipinski definition) is 2. The molecule has 1 aromatic heterocycles. The highest BCUT2D eigenvalue weighted by molar-refractivity contribution is 5.84. The smallest absolute Gasteiger partial charge is 0.307 e. The molecule has 3 rings (SSSR count). The lowest BCUT2D eigenvalue weighted by Crippen LogP contribution is -2.01. The fourth-order valence-electron chi connectivity index (χ4n) is 2.19. The molecule has 0 saturated carbocycles. The molecular weight excluding hydrogens is 240 g/mol. The van der Waals surface area contributed by atoms with Gasteiger partial charge in [-0.05, 0) is 17.7 Å². The molecule has 94 valence electrons. The highest BCUT2D eigenvalue weighted by atomic mass is 16.4. The van der Waals surface area contributed by atoms with Crippen LogP contribution < -0.4 is 0 Å². The standard InChI is InChI=1S/C16H12O3/c17-16(18)10-11-5-1-3-7-13(11)15-9-12-6-2-4-8-14(12)19-15/h1-9H,10H2,(H,17,18). The van der Waals surface area contributed by atoms with E-state index in [0.717, 1.165) is 22.1 Å². The number of fused-ring (bicyclic) bond motifs is 1. The third kappa shape index (κ3) is 2.22. The number of benzene rings is 2. The second-order valence-corrected chi connectivity index (χ2v) is 4.38. The summed E-state index contributed by atoms with van der Waals surface area (Å²) in [6.45, 7) is 0. The number of rotatable bonds is 3. The summed E-state index contributed by atoms with van der Waals surface area (Å²) in [7, 11) is 0. The minimum absolute atomic E-state index is 0.00673. The van der Waals surface area contributed by atoms with Crippen molar-refractivity contribution in [3.8, 4) is 11.3 Å². The van der Waals surface area contributed by atoms with E-state index in [0.29, 0.717) is 5.76 Å². The number of para-hydroxylation sites is 1. The lowest BCUT2D eigenvalue weighted by Gasteiger charge is -2.04. The molecule has 0 amide bonds. The number of carbonyl (C=O) groups is 1. The summed E-state index contributed by atoms with van der Waals surface area (Å²) in [6, 6.07) is 17.1. The Bertz CT molecular complexity index is 707. The average molecular weight is 252 g/mol. The lowest BCUT2D eigenvalue weighted by molar-refractivity contribution is -0.136. The van der Waals surface area contributed by atoms with Crippen LogP contribution in [0.1, 0.15) is 5.56 Å². The van der Waals surface area contributed by atoms with Gasteiger partial charge in [-0.2, -0.15) is 0 Å². The summed E-state index contributed by atoms with van der Waals surface area (Å²) < 4.78 is 5.78. The van der Waals surface area contributed by atoms with E-state index in [9.17, 15) is 4.79 Å². The van der Waals surface area contributed by atoms with Gasteiger partial charge in [0.1, 0.15) is 11.3 Å². The molecule has 0 aliphatic heterocycles. The highest BCUT2D eigenvalue weighted by Gasteiger charge is 2.11. The first kappa shape index (κ1) is 11.5. The molecule has 0 unspecified atom stereocenters. The first-order chi connectivity index (χ1) is 9.24. The van der Waals surface area contributed by atoms with E-state index in [1.165, 1.54) is 0 Å². The fourth-order valence-corrected chi connectivity index (χ4v) is 2.19. The molecule has 3 aromatic rings. The Labute approximate surface area is 110 Å². The molecule has 0 fully saturated rings. The van der Waals surface area contributed by atoms with Crippen molar-refractivity contribution in [3.05, 3.63) is 60.2 Å². The quantitative estimate of drug-likeness (QED) is 0.772. The molecule has 0 aliphatic rings. The van der Waals surface area contributed by atoms with Gasteiger partial charge in [0.15, 0.2) is 0 Å². The van der Waals surface area contributed by atoms with Gasteiger partial charge >= 0.3 is 5.97 Å². The van der Waals surface area contributed by atoms with Crippen LogP contribution in [-0.4, -0.2) is 11.1 Å². The van der Waals surface area contributed by atoms with Crippen LogP contribution in [-0.2, 0) is 11.2 Å². The van der Waals surface area contributed by atoms with Crippen LogP contribution in [0.25, 0.3) is 22.3 Å². The lowest BCUT2D eigenvalue weighted by atomic mass is 10.0. The van der Waals surface area contributed by atoms with Crippen molar-refractivity contribution in [2.24, 2.45) is 0 Å². The van der Waals surface area contributed by atoms with Gasteiger partial charge in [0.25, 0.3) is 0 Å². The van der Waals surface area contributed by atoms with Gasteiger partial charge in [0.05, 0.1) is 6.42 Å². The predicted octanol–water partition coefficient (Wildman–Crippen LogP) is 3.73. The number of furan rings is 1. The Morgan fingerprint density at radius 2 is 1.79 bits per heavy atom. The third-order valence-electron chi connectivity index (χ3n) is 3.05. The van der Waals surface area contributed by atoms with Gasteiger partial charge in [0.2, 0.25) is 0 Å². The number of aliphatic carboxylic acids is 1. The van der Waals surface area contributed by atoms with Crippen LogP contribution in [0.2, 0.25) is 0 Å². The SMILES string of the molecule is O=C(O)Cc1ccccc1-c1cc2ccccc2o1. The Hall–Kier alpha value is -2.55. The van der Waals surface area contributed by atoms with E-state index < -0.39 is 5.97 Å². The number of carboxylic acid groups (broad SMARTS) is 1. The second-order valence-electron chi connectivity index (χ2n) is 4.38. The Kier molecular flexibility index (Phi) is 2.80. The molecule has 19 heavy (non-hydrogen) atoms. The molecule has 0 saturated heterocycles. The van der Waals surface area contributed by atoms with E-state index in [1.54, 1.807) is 0 Å². The molecular formula is C16H12O3. The summed E-state index contributed by atoms with van der Waals surface area (Å²) in [5.41, 5.74) is 2.40. The maximum atomic E-state index is 10.9. The summed E-state index contributed by atoms with van der Waals surface area (Å²) >= 11 is 0. The number of carboxylic acids is 1. The van der Waals surface area contributed by atoms with Crippen molar-refractivity contribution >= 4 is 16.9 Å². The van der Waals surface area contributed by atoms with Gasteiger partial charge in [-0.15, -0.1) is 0 Å². The van der Waals surface area contributed by atoms with Crippen molar-refractivity contribution < 1.29 is 14.3 Å². The summed E-state index contributed by atoms with van der Waals surface area (Å²) in [5, 5.41) is 9.96. The Morgan fingerprint density at radius 1 is 1.05 bits per heavy atom. The monoisotopic (exact) mass is 252 g/mol. The van der Waals surface area contributed by atoms with Crippen LogP contribution in [0.5, 0.6) is 0 Å². The molecule has 1 N–H and O–H groups in total. The average Bonchev–Trinajstić information content (AvgIpc) is 2.82. The zero-order chi connectivity index (χ0) is 13.2. The van der Waals surface area contributed by atoms with E-state index in [1.807, 2.05) is 54.6 Å². The molecule has 1 heterocycles. The summed E-state index contributed by atoms with van der Waals surface area (Å²) in [4.78, 5) is 10.9. The van der Waals surface area contributed by atoms with Gasteiger partial charge in [-0.25, -0.2) is 0 Å².